The van der Waals surface area contributed by atoms with Crippen LogP contribution in [0, 0.1) is 0 Å². The second-order valence-electron chi connectivity index (χ2n) is 1.55. The number of rotatable bonds is 0. The Morgan fingerprint density at radius 3 is 2.00 bits per heavy atom. The summed E-state index contributed by atoms with van der Waals surface area (Å²) in [5.41, 5.74) is 6.11. The van der Waals surface area contributed by atoms with Crippen molar-refractivity contribution < 1.29 is 0 Å². The van der Waals surface area contributed by atoms with E-state index >= 15 is 0 Å². The molecule has 0 aliphatic rings. The SMILES string of the molecule is Nc1[13cH]cc(Cl)c[13cH]1. The Hall–Kier alpha value is -0.690. The molecular formula is C6H6ClN. The molecule has 2 N–H and O–H groups in total. The van der Waals surface area contributed by atoms with E-state index in [0.717, 1.165) is 10.7 Å². The zero-order chi connectivity index (χ0) is 5.98. The third-order valence-electron chi connectivity index (χ3n) is 0.870. The van der Waals surface area contributed by atoms with Crippen molar-refractivity contribution in [1.29, 1.82) is 0 Å². The van der Waals surface area contributed by atoms with Crippen LogP contribution in [0.5, 0.6) is 0 Å². The molecule has 0 aliphatic carbocycles. The van der Waals surface area contributed by atoms with Crippen LogP contribution in [0.3, 0.4) is 0 Å². The van der Waals surface area contributed by atoms with E-state index < -0.39 is 0 Å². The Kier molecular flexibility index (Phi) is 1.40. The van der Waals surface area contributed by atoms with E-state index in [1.54, 1.807) is 24.3 Å². The Morgan fingerprint density at radius 1 is 1.12 bits per heavy atom. The first-order chi connectivity index (χ1) is 3.79. The van der Waals surface area contributed by atoms with Gasteiger partial charge in [-0.3, -0.25) is 0 Å². The molecule has 0 unspecified atom stereocenters. The average Bonchev–Trinajstić information content (AvgIpc) is 1.77. The van der Waals surface area contributed by atoms with Crippen molar-refractivity contribution in [3.8, 4) is 0 Å². The van der Waals surface area contributed by atoms with Gasteiger partial charge in [-0.25, -0.2) is 0 Å². The summed E-state index contributed by atoms with van der Waals surface area (Å²) in [6.45, 7) is 0. The standard InChI is InChI=1S/C6H6ClN/c7-5-1-3-6(8)4-2-5/h1-4H,8H2/i3+1,4+1. The predicted octanol–water partition coefficient (Wildman–Crippen LogP) is 1.92. The maximum absolute atomic E-state index is 5.56. The molecule has 0 radical (unpaired) electrons. The highest BCUT2D eigenvalue weighted by Crippen LogP contribution is 2.09. The maximum atomic E-state index is 5.56. The van der Waals surface area contributed by atoms with Crippen LogP contribution in [0.25, 0.3) is 0 Å². The van der Waals surface area contributed by atoms with Crippen molar-refractivity contribution in [3.05, 3.63) is 29.3 Å². The van der Waals surface area contributed by atoms with Crippen LogP contribution >= 0.6 is 11.6 Å². The fourth-order valence-electron chi connectivity index (χ4n) is 0.463. The van der Waals surface area contributed by atoms with Crippen molar-refractivity contribution in [1.82, 2.24) is 0 Å². The molecule has 0 atom stereocenters. The van der Waals surface area contributed by atoms with E-state index in [1.807, 2.05) is 0 Å². The molecule has 0 saturated heterocycles. The van der Waals surface area contributed by atoms with Gasteiger partial charge in [0.2, 0.25) is 0 Å². The molecular weight excluding hydrogens is 124 g/mol. The quantitative estimate of drug-likeness (QED) is 0.532. The van der Waals surface area contributed by atoms with Crippen molar-refractivity contribution in [2.75, 3.05) is 5.73 Å². The zero-order valence-electron chi connectivity index (χ0n) is 4.26. The second kappa shape index (κ2) is 2.05. The molecule has 2 heteroatoms. The van der Waals surface area contributed by atoms with Gasteiger partial charge in [0.1, 0.15) is 0 Å². The summed E-state index contributed by atoms with van der Waals surface area (Å²) in [6, 6.07) is 7.05. The number of hydrogen-bond acceptors (Lipinski definition) is 1. The molecule has 1 rings (SSSR count). The largest absolute Gasteiger partial charge is 0.399 e. The van der Waals surface area contributed by atoms with Gasteiger partial charge in [-0.1, -0.05) is 11.6 Å². The first-order valence-electron chi connectivity index (χ1n) is 2.30. The van der Waals surface area contributed by atoms with E-state index in [0.29, 0.717) is 0 Å². The summed E-state index contributed by atoms with van der Waals surface area (Å²) in [5, 5.41) is 0.721. The summed E-state index contributed by atoms with van der Waals surface area (Å²) >= 11 is 5.56. The van der Waals surface area contributed by atoms with Gasteiger partial charge in [-0.05, 0) is 24.3 Å². The molecule has 1 aromatic carbocycles. The molecule has 0 bridgehead atoms. The molecule has 0 aromatic heterocycles. The summed E-state index contributed by atoms with van der Waals surface area (Å²) < 4.78 is 0. The van der Waals surface area contributed by atoms with Crippen LogP contribution in [0.1, 0.15) is 0 Å². The first-order valence-corrected chi connectivity index (χ1v) is 2.68. The molecule has 0 amide bonds. The lowest BCUT2D eigenvalue weighted by Crippen LogP contribution is -1.80. The van der Waals surface area contributed by atoms with E-state index in [9.17, 15) is 0 Å². The van der Waals surface area contributed by atoms with Gasteiger partial charge in [-0.15, -0.1) is 0 Å². The third kappa shape index (κ3) is 1.14. The van der Waals surface area contributed by atoms with Gasteiger partial charge in [0.15, 0.2) is 0 Å². The van der Waals surface area contributed by atoms with Crippen LogP contribution in [0.4, 0.5) is 5.69 Å². The highest BCUT2D eigenvalue weighted by atomic mass is 35.5. The lowest BCUT2D eigenvalue weighted by Gasteiger charge is -1.88. The molecule has 0 aliphatic heterocycles. The fourth-order valence-corrected chi connectivity index (χ4v) is 0.589. The minimum atomic E-state index is 0.721. The number of nitrogen functional groups attached to an aromatic ring is 1. The van der Waals surface area contributed by atoms with Crippen LogP contribution < -0.4 is 5.73 Å². The number of halogens is 1. The maximum Gasteiger partial charge on any atom is 0.0407 e. The Balaban J connectivity index is 3.03. The van der Waals surface area contributed by atoms with E-state index in [2.05, 4.69) is 0 Å². The summed E-state index contributed by atoms with van der Waals surface area (Å²) in [5.74, 6) is 0. The summed E-state index contributed by atoms with van der Waals surface area (Å²) in [4.78, 5) is 0. The number of anilines is 1. The molecule has 0 fully saturated rings. The van der Waals surface area contributed by atoms with Crippen molar-refractivity contribution in [2.45, 2.75) is 0 Å². The number of hydrogen-bond donors (Lipinski definition) is 1. The van der Waals surface area contributed by atoms with E-state index in [1.165, 1.54) is 0 Å². The normalized spacial score (nSPS) is 9.12. The van der Waals surface area contributed by atoms with Crippen LogP contribution in [-0.2, 0) is 0 Å². The summed E-state index contributed by atoms with van der Waals surface area (Å²) in [6.07, 6.45) is 0. The lowest BCUT2D eigenvalue weighted by atomic mass is 10.6. The smallest absolute Gasteiger partial charge is 0.0407 e. The second-order valence-corrected chi connectivity index (χ2v) is 1.99. The molecule has 8 heavy (non-hydrogen) atoms. The highest BCUT2D eigenvalue weighted by molar-refractivity contribution is 6.30. The molecule has 0 heterocycles. The third-order valence-corrected chi connectivity index (χ3v) is 1.12. The molecule has 42 valence electrons. The van der Waals surface area contributed by atoms with Crippen molar-refractivity contribution >= 4 is 17.3 Å². The van der Waals surface area contributed by atoms with E-state index in [4.69, 9.17) is 17.3 Å². The van der Waals surface area contributed by atoms with Crippen molar-refractivity contribution in [3.63, 3.8) is 0 Å². The van der Waals surface area contributed by atoms with Gasteiger partial charge in [0, 0.05) is 10.7 Å². The van der Waals surface area contributed by atoms with Crippen molar-refractivity contribution in [2.24, 2.45) is 0 Å². The van der Waals surface area contributed by atoms with Crippen LogP contribution in [0.2, 0.25) is 5.02 Å². The number of nitrogens with two attached hydrogens (primary N) is 1. The Morgan fingerprint density at radius 2 is 1.62 bits per heavy atom. The molecule has 1 aromatic rings. The predicted molar refractivity (Wildman–Crippen MR) is 35.9 cm³/mol. The van der Waals surface area contributed by atoms with Gasteiger partial charge in [0.25, 0.3) is 0 Å². The van der Waals surface area contributed by atoms with Gasteiger partial charge >= 0.3 is 0 Å². The van der Waals surface area contributed by atoms with Gasteiger partial charge < -0.3 is 5.73 Å². The topological polar surface area (TPSA) is 26.0 Å². The Bertz CT molecular complexity index is 147. The minimum Gasteiger partial charge on any atom is -0.399 e. The van der Waals surface area contributed by atoms with E-state index in [-0.39, 0.29) is 0 Å². The molecule has 0 saturated carbocycles. The van der Waals surface area contributed by atoms with Crippen LogP contribution in [0.15, 0.2) is 24.3 Å². The Labute approximate surface area is 53.1 Å². The fraction of sp³-hybridized carbons (Fsp3) is 0. The summed E-state index contributed by atoms with van der Waals surface area (Å²) in [7, 11) is 0. The lowest BCUT2D eigenvalue weighted by molar-refractivity contribution is 1.69. The monoisotopic (exact) mass is 129 g/mol. The first kappa shape index (κ1) is 5.45. The van der Waals surface area contributed by atoms with Gasteiger partial charge in [0.05, 0.1) is 0 Å². The highest BCUT2D eigenvalue weighted by Gasteiger charge is 1.82. The van der Waals surface area contributed by atoms with Gasteiger partial charge in [-0.2, -0.15) is 0 Å². The number of benzene rings is 1. The minimum absolute atomic E-state index is 0.721. The molecule has 1 nitrogen and oxygen atoms in total. The van der Waals surface area contributed by atoms with Crippen LogP contribution in [-0.4, -0.2) is 0 Å². The average molecular weight is 130 g/mol. The molecule has 0 spiro atoms. The zero-order valence-corrected chi connectivity index (χ0v) is 5.02.